The van der Waals surface area contributed by atoms with Gasteiger partial charge in [-0.3, -0.25) is 14.3 Å². The lowest BCUT2D eigenvalue weighted by Crippen LogP contribution is -2.34. The number of nitrogens with zero attached hydrogens (tertiary/aromatic N) is 5. The van der Waals surface area contributed by atoms with E-state index in [0.717, 1.165) is 26.9 Å². The van der Waals surface area contributed by atoms with Crippen LogP contribution in [0.2, 0.25) is 0 Å². The van der Waals surface area contributed by atoms with E-state index in [1.165, 1.54) is 0 Å². The Morgan fingerprint density at radius 2 is 1.71 bits per heavy atom. The molecule has 0 unspecified atom stereocenters. The summed E-state index contributed by atoms with van der Waals surface area (Å²) in [5, 5.41) is 15.5. The lowest BCUT2D eigenvalue weighted by molar-refractivity contribution is -0.122. The average molecular weight is 451 g/mol. The van der Waals surface area contributed by atoms with E-state index in [0.29, 0.717) is 24.0 Å². The summed E-state index contributed by atoms with van der Waals surface area (Å²) in [6.07, 6.45) is 3.70. The molecule has 0 saturated heterocycles. The SMILES string of the molecule is O=C(Cn1nnc2ccccc2c1=O)NCc1ccccc1-c1ccc(Cn2cccn2)cc1. The van der Waals surface area contributed by atoms with Crippen LogP contribution in [-0.4, -0.2) is 30.7 Å². The van der Waals surface area contributed by atoms with E-state index >= 15 is 0 Å². The predicted molar refractivity (Wildman–Crippen MR) is 129 cm³/mol. The van der Waals surface area contributed by atoms with Crippen LogP contribution in [0.5, 0.6) is 0 Å². The van der Waals surface area contributed by atoms with Crippen molar-refractivity contribution in [2.24, 2.45) is 0 Å². The zero-order valence-corrected chi connectivity index (χ0v) is 18.3. The molecule has 5 rings (SSSR count). The highest BCUT2D eigenvalue weighted by atomic mass is 16.2. The molecule has 0 saturated carbocycles. The molecule has 0 atom stereocenters. The van der Waals surface area contributed by atoms with E-state index in [9.17, 15) is 9.59 Å². The number of carbonyl (C=O) groups is 1. The Balaban J connectivity index is 1.27. The molecule has 8 heteroatoms. The van der Waals surface area contributed by atoms with Crippen molar-refractivity contribution in [1.29, 1.82) is 0 Å². The first kappa shape index (κ1) is 21.3. The molecule has 2 aromatic heterocycles. The van der Waals surface area contributed by atoms with E-state index in [4.69, 9.17) is 0 Å². The minimum Gasteiger partial charge on any atom is -0.350 e. The van der Waals surface area contributed by atoms with Crippen LogP contribution in [0.25, 0.3) is 22.0 Å². The highest BCUT2D eigenvalue weighted by Gasteiger charge is 2.11. The van der Waals surface area contributed by atoms with Crippen molar-refractivity contribution < 1.29 is 4.79 Å². The number of rotatable bonds is 7. The Bertz CT molecular complexity index is 1490. The number of hydrogen-bond acceptors (Lipinski definition) is 5. The summed E-state index contributed by atoms with van der Waals surface area (Å²) in [6, 6.07) is 25.1. The molecule has 0 spiro atoms. The van der Waals surface area contributed by atoms with Crippen LogP contribution in [0.1, 0.15) is 11.1 Å². The molecule has 0 radical (unpaired) electrons. The molecule has 1 amide bonds. The number of aromatic nitrogens is 5. The lowest BCUT2D eigenvalue weighted by atomic mass is 9.98. The second kappa shape index (κ2) is 9.50. The first-order valence-electron chi connectivity index (χ1n) is 10.9. The highest BCUT2D eigenvalue weighted by Crippen LogP contribution is 2.24. The summed E-state index contributed by atoms with van der Waals surface area (Å²) < 4.78 is 2.96. The van der Waals surface area contributed by atoms with E-state index in [1.54, 1.807) is 30.5 Å². The summed E-state index contributed by atoms with van der Waals surface area (Å²) in [7, 11) is 0. The Hall–Kier alpha value is -4.59. The Morgan fingerprint density at radius 1 is 0.912 bits per heavy atom. The van der Waals surface area contributed by atoms with Gasteiger partial charge >= 0.3 is 0 Å². The molecule has 8 nitrogen and oxygen atoms in total. The van der Waals surface area contributed by atoms with Gasteiger partial charge in [-0.15, -0.1) is 5.10 Å². The van der Waals surface area contributed by atoms with E-state index in [-0.39, 0.29) is 18.0 Å². The topological polar surface area (TPSA) is 94.7 Å². The summed E-state index contributed by atoms with van der Waals surface area (Å²) in [4.78, 5) is 25.2. The first-order valence-corrected chi connectivity index (χ1v) is 10.9. The van der Waals surface area contributed by atoms with Gasteiger partial charge in [-0.25, -0.2) is 4.68 Å². The van der Waals surface area contributed by atoms with Crippen LogP contribution in [0.4, 0.5) is 0 Å². The highest BCUT2D eigenvalue weighted by molar-refractivity contribution is 5.78. The third-order valence-corrected chi connectivity index (χ3v) is 5.58. The summed E-state index contributed by atoms with van der Waals surface area (Å²) >= 11 is 0. The lowest BCUT2D eigenvalue weighted by Gasteiger charge is -2.12. The molecule has 1 N–H and O–H groups in total. The van der Waals surface area contributed by atoms with Gasteiger partial charge in [0, 0.05) is 18.9 Å². The Morgan fingerprint density at radius 3 is 2.53 bits per heavy atom. The van der Waals surface area contributed by atoms with Crippen molar-refractivity contribution in [3.63, 3.8) is 0 Å². The molecule has 2 heterocycles. The van der Waals surface area contributed by atoms with E-state index in [1.807, 2.05) is 41.2 Å². The van der Waals surface area contributed by atoms with Gasteiger partial charge in [-0.05, 0) is 40.5 Å². The fourth-order valence-electron chi connectivity index (χ4n) is 3.84. The summed E-state index contributed by atoms with van der Waals surface area (Å²) in [6.45, 7) is 0.850. The summed E-state index contributed by atoms with van der Waals surface area (Å²) in [5.74, 6) is -0.309. The van der Waals surface area contributed by atoms with Crippen LogP contribution < -0.4 is 10.9 Å². The molecule has 0 aliphatic rings. The van der Waals surface area contributed by atoms with Crippen molar-refractivity contribution in [2.45, 2.75) is 19.6 Å². The van der Waals surface area contributed by atoms with Crippen LogP contribution >= 0.6 is 0 Å². The quantitative estimate of drug-likeness (QED) is 0.411. The average Bonchev–Trinajstić information content (AvgIpc) is 3.38. The second-order valence-corrected chi connectivity index (χ2v) is 7.90. The van der Waals surface area contributed by atoms with Gasteiger partial charge < -0.3 is 5.32 Å². The number of nitrogens with one attached hydrogen (secondary N) is 1. The van der Waals surface area contributed by atoms with Crippen molar-refractivity contribution >= 4 is 16.8 Å². The smallest absolute Gasteiger partial charge is 0.278 e. The van der Waals surface area contributed by atoms with Crippen LogP contribution in [0, 0.1) is 0 Å². The fraction of sp³-hybridized carbons (Fsp3) is 0.115. The molecular weight excluding hydrogens is 428 g/mol. The molecule has 3 aromatic carbocycles. The van der Waals surface area contributed by atoms with Crippen LogP contribution in [0.15, 0.2) is 96.1 Å². The van der Waals surface area contributed by atoms with Gasteiger partial charge in [0.15, 0.2) is 0 Å². The minimum atomic E-state index is -0.337. The maximum atomic E-state index is 12.6. The summed E-state index contributed by atoms with van der Waals surface area (Å²) in [5.41, 5.74) is 4.40. The number of amides is 1. The molecule has 168 valence electrons. The normalized spacial score (nSPS) is 10.9. The van der Waals surface area contributed by atoms with Gasteiger partial charge in [-0.1, -0.05) is 65.9 Å². The van der Waals surface area contributed by atoms with Crippen molar-refractivity contribution in [2.75, 3.05) is 0 Å². The number of fused-ring (bicyclic) bond motifs is 1. The third kappa shape index (κ3) is 4.61. The number of carbonyl (C=O) groups excluding carboxylic acids is 1. The van der Waals surface area contributed by atoms with Crippen LogP contribution in [0.3, 0.4) is 0 Å². The monoisotopic (exact) mass is 450 g/mol. The zero-order chi connectivity index (χ0) is 23.3. The van der Waals surface area contributed by atoms with Gasteiger partial charge in [0.1, 0.15) is 12.1 Å². The van der Waals surface area contributed by atoms with Crippen molar-refractivity contribution in [3.05, 3.63) is 113 Å². The Kier molecular flexibility index (Phi) is 5.94. The largest absolute Gasteiger partial charge is 0.350 e. The molecule has 0 aliphatic heterocycles. The molecule has 34 heavy (non-hydrogen) atoms. The van der Waals surface area contributed by atoms with Gasteiger partial charge in [-0.2, -0.15) is 5.10 Å². The van der Waals surface area contributed by atoms with Crippen LogP contribution in [-0.2, 0) is 24.4 Å². The van der Waals surface area contributed by atoms with Crippen molar-refractivity contribution in [3.8, 4) is 11.1 Å². The minimum absolute atomic E-state index is 0.193. The Labute approximate surface area is 195 Å². The zero-order valence-electron chi connectivity index (χ0n) is 18.3. The van der Waals surface area contributed by atoms with Gasteiger partial charge in [0.25, 0.3) is 5.56 Å². The molecule has 0 bridgehead atoms. The maximum Gasteiger partial charge on any atom is 0.278 e. The van der Waals surface area contributed by atoms with Gasteiger partial charge in [0.2, 0.25) is 5.91 Å². The predicted octanol–water partition coefficient (Wildman–Crippen LogP) is 3.02. The standard InChI is InChI=1S/C26H22N6O2/c33-25(18-32-26(34)23-8-3-4-9-24(23)29-30-32)27-16-21-6-1-2-7-22(21)20-12-10-19(11-13-20)17-31-15-5-14-28-31/h1-15H,16-18H2,(H,27,33). The fourth-order valence-corrected chi connectivity index (χ4v) is 3.84. The second-order valence-electron chi connectivity index (χ2n) is 7.90. The first-order chi connectivity index (χ1) is 16.7. The molecule has 0 aliphatic carbocycles. The van der Waals surface area contributed by atoms with Crippen molar-refractivity contribution in [1.82, 2.24) is 30.1 Å². The van der Waals surface area contributed by atoms with E-state index in [2.05, 4.69) is 45.0 Å². The molecular formula is C26H22N6O2. The maximum absolute atomic E-state index is 12.6. The molecule has 5 aromatic rings. The third-order valence-electron chi connectivity index (χ3n) is 5.58. The molecule has 0 fully saturated rings. The number of benzene rings is 3. The van der Waals surface area contributed by atoms with E-state index < -0.39 is 0 Å². The number of hydrogen-bond donors (Lipinski definition) is 1. The van der Waals surface area contributed by atoms with Gasteiger partial charge in [0.05, 0.1) is 11.9 Å².